The molecule has 0 spiro atoms. The van der Waals surface area contributed by atoms with Gasteiger partial charge in [-0.15, -0.1) is 0 Å². The van der Waals surface area contributed by atoms with Crippen LogP contribution in [-0.2, 0) is 6.42 Å². The largest absolute Gasteiger partial charge is 0.0999 e. The van der Waals surface area contributed by atoms with Gasteiger partial charge in [-0.25, -0.2) is 0 Å². The van der Waals surface area contributed by atoms with Crippen molar-refractivity contribution in [1.82, 2.24) is 0 Å². The second kappa shape index (κ2) is 4.27. The van der Waals surface area contributed by atoms with Gasteiger partial charge in [-0.05, 0) is 31.7 Å². The van der Waals surface area contributed by atoms with Gasteiger partial charge in [0.2, 0.25) is 0 Å². The summed E-state index contributed by atoms with van der Waals surface area (Å²) in [5, 5.41) is 0. The van der Waals surface area contributed by atoms with E-state index in [0.29, 0.717) is 5.92 Å². The van der Waals surface area contributed by atoms with E-state index in [1.807, 2.05) is 0 Å². The Kier molecular flexibility index (Phi) is 3.30. The van der Waals surface area contributed by atoms with Gasteiger partial charge in [0.1, 0.15) is 0 Å². The number of allylic oxidation sites excluding steroid dienone is 1. The van der Waals surface area contributed by atoms with E-state index < -0.39 is 0 Å². The fraction of sp³-hybridized carbons (Fsp3) is 0.385. The minimum absolute atomic E-state index is 0.586. The van der Waals surface area contributed by atoms with Gasteiger partial charge in [0, 0.05) is 0 Å². The van der Waals surface area contributed by atoms with Crippen LogP contribution in [0.4, 0.5) is 0 Å². The predicted octanol–water partition coefficient (Wildman–Crippen LogP) is 3.75. The third-order valence-electron chi connectivity index (χ3n) is 2.50. The summed E-state index contributed by atoms with van der Waals surface area (Å²) < 4.78 is 0. The standard InChI is InChI=1S/C13H18/c1-10(2)12(4)9-13-7-5-11(3)6-8-13/h5-8,12H,1,9H2,2-4H3/t12-/m1/s1. The summed E-state index contributed by atoms with van der Waals surface area (Å²) in [4.78, 5) is 0. The second-order valence-electron chi connectivity index (χ2n) is 3.94. The molecule has 0 N–H and O–H groups in total. The van der Waals surface area contributed by atoms with Crippen molar-refractivity contribution >= 4 is 0 Å². The Balaban J connectivity index is 2.64. The average Bonchev–Trinajstić information content (AvgIpc) is 2.08. The van der Waals surface area contributed by atoms with E-state index >= 15 is 0 Å². The molecule has 0 aliphatic heterocycles. The molecular formula is C13H18. The molecule has 1 aromatic rings. The van der Waals surface area contributed by atoms with Crippen molar-refractivity contribution in [2.75, 3.05) is 0 Å². The quantitative estimate of drug-likeness (QED) is 0.612. The van der Waals surface area contributed by atoms with Crippen molar-refractivity contribution in [2.45, 2.75) is 27.2 Å². The van der Waals surface area contributed by atoms with E-state index in [-0.39, 0.29) is 0 Å². The minimum Gasteiger partial charge on any atom is -0.0999 e. The summed E-state index contributed by atoms with van der Waals surface area (Å²) in [6.45, 7) is 10.4. The first-order valence-corrected chi connectivity index (χ1v) is 4.80. The van der Waals surface area contributed by atoms with Gasteiger partial charge >= 0.3 is 0 Å². The summed E-state index contributed by atoms with van der Waals surface area (Å²) in [6.07, 6.45) is 1.11. The van der Waals surface area contributed by atoms with Crippen molar-refractivity contribution in [2.24, 2.45) is 5.92 Å². The number of hydrogen-bond donors (Lipinski definition) is 0. The molecule has 0 aliphatic carbocycles. The van der Waals surface area contributed by atoms with Crippen LogP contribution in [0.15, 0.2) is 36.4 Å². The highest BCUT2D eigenvalue weighted by atomic mass is 14.1. The summed E-state index contributed by atoms with van der Waals surface area (Å²) in [6, 6.07) is 8.74. The number of benzene rings is 1. The molecule has 0 amide bonds. The zero-order valence-electron chi connectivity index (χ0n) is 8.80. The third-order valence-corrected chi connectivity index (χ3v) is 2.50. The van der Waals surface area contributed by atoms with Crippen LogP contribution in [0.3, 0.4) is 0 Å². The Morgan fingerprint density at radius 1 is 1.31 bits per heavy atom. The van der Waals surface area contributed by atoms with E-state index in [9.17, 15) is 0 Å². The number of rotatable bonds is 3. The van der Waals surface area contributed by atoms with Crippen LogP contribution in [0.25, 0.3) is 0 Å². The van der Waals surface area contributed by atoms with Gasteiger partial charge in [0.15, 0.2) is 0 Å². The van der Waals surface area contributed by atoms with E-state index in [4.69, 9.17) is 0 Å². The molecule has 0 heterocycles. The van der Waals surface area contributed by atoms with Gasteiger partial charge in [0.05, 0.1) is 0 Å². The molecule has 0 unspecified atom stereocenters. The maximum atomic E-state index is 3.97. The molecule has 1 aromatic carbocycles. The van der Waals surface area contributed by atoms with Gasteiger partial charge in [0.25, 0.3) is 0 Å². The Bertz CT molecular complexity index is 279. The predicted molar refractivity (Wildman–Crippen MR) is 58.9 cm³/mol. The van der Waals surface area contributed by atoms with Crippen molar-refractivity contribution in [3.05, 3.63) is 47.5 Å². The normalized spacial score (nSPS) is 12.5. The van der Waals surface area contributed by atoms with E-state index in [1.165, 1.54) is 16.7 Å². The number of hydrogen-bond acceptors (Lipinski definition) is 0. The lowest BCUT2D eigenvalue weighted by Crippen LogP contribution is -1.99. The molecule has 70 valence electrons. The summed E-state index contributed by atoms with van der Waals surface area (Å²) >= 11 is 0. The lowest BCUT2D eigenvalue weighted by atomic mass is 9.95. The Hall–Kier alpha value is -1.04. The Morgan fingerprint density at radius 3 is 2.31 bits per heavy atom. The van der Waals surface area contributed by atoms with E-state index in [2.05, 4.69) is 51.6 Å². The molecule has 1 atom stereocenters. The highest BCUT2D eigenvalue weighted by Crippen LogP contribution is 2.14. The lowest BCUT2D eigenvalue weighted by Gasteiger charge is -2.10. The van der Waals surface area contributed by atoms with Crippen LogP contribution in [0.2, 0.25) is 0 Å². The molecule has 0 fully saturated rings. The second-order valence-corrected chi connectivity index (χ2v) is 3.94. The molecule has 0 nitrogen and oxygen atoms in total. The molecule has 0 radical (unpaired) electrons. The van der Waals surface area contributed by atoms with Crippen molar-refractivity contribution in [3.63, 3.8) is 0 Å². The lowest BCUT2D eigenvalue weighted by molar-refractivity contribution is 0.680. The van der Waals surface area contributed by atoms with Gasteiger partial charge in [-0.2, -0.15) is 0 Å². The summed E-state index contributed by atoms with van der Waals surface area (Å²) in [5.41, 5.74) is 3.99. The SMILES string of the molecule is C=C(C)[C@H](C)Cc1ccc(C)cc1. The van der Waals surface area contributed by atoms with Crippen LogP contribution in [-0.4, -0.2) is 0 Å². The maximum Gasteiger partial charge on any atom is -0.0197 e. The average molecular weight is 174 g/mol. The first-order chi connectivity index (χ1) is 6.09. The molecular weight excluding hydrogens is 156 g/mol. The van der Waals surface area contributed by atoms with Gasteiger partial charge < -0.3 is 0 Å². The fourth-order valence-corrected chi connectivity index (χ4v) is 1.25. The molecule has 0 aromatic heterocycles. The van der Waals surface area contributed by atoms with Crippen molar-refractivity contribution in [1.29, 1.82) is 0 Å². The molecule has 0 saturated heterocycles. The molecule has 0 bridgehead atoms. The van der Waals surface area contributed by atoms with Crippen LogP contribution in [0, 0.1) is 12.8 Å². The summed E-state index contributed by atoms with van der Waals surface area (Å²) in [5.74, 6) is 0.586. The monoisotopic (exact) mass is 174 g/mol. The zero-order valence-corrected chi connectivity index (χ0v) is 8.80. The van der Waals surface area contributed by atoms with E-state index in [0.717, 1.165) is 6.42 Å². The first kappa shape index (κ1) is 10.0. The molecule has 0 saturated carbocycles. The minimum atomic E-state index is 0.586. The van der Waals surface area contributed by atoms with Crippen molar-refractivity contribution in [3.8, 4) is 0 Å². The molecule has 0 heteroatoms. The van der Waals surface area contributed by atoms with Gasteiger partial charge in [-0.1, -0.05) is 48.9 Å². The van der Waals surface area contributed by atoms with E-state index in [1.54, 1.807) is 0 Å². The first-order valence-electron chi connectivity index (χ1n) is 4.80. The van der Waals surface area contributed by atoms with Crippen molar-refractivity contribution < 1.29 is 0 Å². The van der Waals surface area contributed by atoms with Crippen LogP contribution in [0.1, 0.15) is 25.0 Å². The Labute approximate surface area is 81.3 Å². The maximum absolute atomic E-state index is 3.97. The molecule has 13 heavy (non-hydrogen) atoms. The molecule has 0 aliphatic rings. The van der Waals surface area contributed by atoms with Crippen LogP contribution in [0.5, 0.6) is 0 Å². The smallest absolute Gasteiger partial charge is 0.0197 e. The third kappa shape index (κ3) is 3.06. The van der Waals surface area contributed by atoms with Crippen LogP contribution >= 0.6 is 0 Å². The fourth-order valence-electron chi connectivity index (χ4n) is 1.25. The summed E-state index contributed by atoms with van der Waals surface area (Å²) in [7, 11) is 0. The molecule has 1 rings (SSSR count). The highest BCUT2D eigenvalue weighted by molar-refractivity contribution is 5.22. The van der Waals surface area contributed by atoms with Crippen LogP contribution < -0.4 is 0 Å². The van der Waals surface area contributed by atoms with Gasteiger partial charge in [-0.3, -0.25) is 0 Å². The topological polar surface area (TPSA) is 0 Å². The number of aryl methyl sites for hydroxylation is 1. The highest BCUT2D eigenvalue weighted by Gasteiger charge is 2.03. The Morgan fingerprint density at radius 2 is 1.85 bits per heavy atom. The zero-order chi connectivity index (χ0) is 9.84.